The third kappa shape index (κ3) is 5.75. The van der Waals surface area contributed by atoms with Gasteiger partial charge in [0, 0.05) is 12.6 Å². The van der Waals surface area contributed by atoms with Gasteiger partial charge in [-0.3, -0.25) is 4.79 Å². The van der Waals surface area contributed by atoms with Crippen LogP contribution in [0.15, 0.2) is 59.8 Å². The highest BCUT2D eigenvalue weighted by Gasteiger charge is 2.21. The van der Waals surface area contributed by atoms with Crippen LogP contribution >= 0.6 is 11.8 Å². The number of amides is 1. The molecule has 1 atom stereocenters. The number of methoxy groups -OCH3 is 1. The topological polar surface area (TPSA) is 68.3 Å². The third-order valence-electron chi connectivity index (χ3n) is 3.09. The number of carbonyl (C=O) groups excluding carboxylic acids is 2. The molecule has 0 fully saturated rings. The van der Waals surface area contributed by atoms with Gasteiger partial charge in [-0.1, -0.05) is 48.2 Å². The summed E-state index contributed by atoms with van der Waals surface area (Å²) in [6, 6.07) is 14.3. The molecule has 0 bridgehead atoms. The van der Waals surface area contributed by atoms with Crippen LogP contribution in [0.2, 0.25) is 0 Å². The Labute approximate surface area is 139 Å². The average molecular weight is 330 g/mol. The van der Waals surface area contributed by atoms with Crippen LogP contribution in [0.3, 0.4) is 0 Å². The molecule has 1 aromatic carbocycles. The monoisotopic (exact) mass is 330 g/mol. The van der Waals surface area contributed by atoms with Crippen LogP contribution in [-0.4, -0.2) is 35.8 Å². The number of ether oxygens (including phenoxy) is 1. The Morgan fingerprint density at radius 2 is 1.91 bits per heavy atom. The summed E-state index contributed by atoms with van der Waals surface area (Å²) in [6.07, 6.45) is 2.07. The number of aromatic nitrogens is 1. The lowest BCUT2D eigenvalue weighted by atomic mass is 10.1. The first-order valence-corrected chi connectivity index (χ1v) is 8.12. The quantitative estimate of drug-likeness (QED) is 0.622. The van der Waals surface area contributed by atoms with Crippen molar-refractivity contribution in [2.75, 3.05) is 12.9 Å². The van der Waals surface area contributed by atoms with E-state index in [1.54, 1.807) is 6.20 Å². The van der Waals surface area contributed by atoms with E-state index in [1.807, 2.05) is 48.5 Å². The molecule has 0 aliphatic heterocycles. The fourth-order valence-electron chi connectivity index (χ4n) is 1.99. The fraction of sp³-hybridized carbons (Fsp3) is 0.235. The van der Waals surface area contributed by atoms with E-state index in [0.717, 1.165) is 10.6 Å². The summed E-state index contributed by atoms with van der Waals surface area (Å²) in [6.45, 7) is 0. The Morgan fingerprint density at radius 3 is 2.57 bits per heavy atom. The minimum Gasteiger partial charge on any atom is -0.467 e. The van der Waals surface area contributed by atoms with Gasteiger partial charge in [0.25, 0.3) is 0 Å². The molecule has 1 aromatic heterocycles. The Bertz CT molecular complexity index is 635. The van der Waals surface area contributed by atoms with Gasteiger partial charge in [0.2, 0.25) is 5.91 Å². The first kappa shape index (κ1) is 17.0. The number of thioether (sulfide) groups is 1. The van der Waals surface area contributed by atoms with E-state index in [1.165, 1.54) is 18.9 Å². The van der Waals surface area contributed by atoms with Gasteiger partial charge in [-0.15, -0.1) is 0 Å². The zero-order valence-corrected chi connectivity index (χ0v) is 13.6. The number of nitrogens with zero attached hydrogens (tertiary/aromatic N) is 1. The molecule has 1 N–H and O–H groups in total. The lowest BCUT2D eigenvalue weighted by molar-refractivity contribution is -0.144. The Morgan fingerprint density at radius 1 is 1.17 bits per heavy atom. The SMILES string of the molecule is COC(=O)[C@H](Cc1ccccc1)NC(=O)CSc1ccccn1. The van der Waals surface area contributed by atoms with E-state index in [4.69, 9.17) is 4.74 Å². The van der Waals surface area contributed by atoms with Gasteiger partial charge in [-0.05, 0) is 17.7 Å². The van der Waals surface area contributed by atoms with Crippen LogP contribution in [-0.2, 0) is 20.7 Å². The molecule has 2 aromatic rings. The van der Waals surface area contributed by atoms with E-state index in [2.05, 4.69) is 10.3 Å². The molecule has 0 aliphatic rings. The summed E-state index contributed by atoms with van der Waals surface area (Å²) in [4.78, 5) is 28.1. The molecule has 23 heavy (non-hydrogen) atoms. The molecule has 0 radical (unpaired) electrons. The number of esters is 1. The minimum absolute atomic E-state index is 0.194. The Balaban J connectivity index is 1.91. The van der Waals surface area contributed by atoms with E-state index in [0.29, 0.717) is 6.42 Å². The fourth-order valence-corrected chi connectivity index (χ4v) is 2.67. The van der Waals surface area contributed by atoms with Crippen molar-refractivity contribution in [3.63, 3.8) is 0 Å². The Hall–Kier alpha value is -2.34. The van der Waals surface area contributed by atoms with Gasteiger partial charge in [-0.2, -0.15) is 0 Å². The summed E-state index contributed by atoms with van der Waals surface area (Å²) in [5, 5.41) is 3.49. The van der Waals surface area contributed by atoms with Gasteiger partial charge in [-0.25, -0.2) is 9.78 Å². The summed E-state index contributed by atoms with van der Waals surface area (Å²) in [5.74, 6) is -0.490. The molecule has 1 amide bonds. The van der Waals surface area contributed by atoms with E-state index >= 15 is 0 Å². The van der Waals surface area contributed by atoms with Crippen LogP contribution in [0.25, 0.3) is 0 Å². The predicted molar refractivity (Wildman–Crippen MR) is 89.1 cm³/mol. The lowest BCUT2D eigenvalue weighted by Gasteiger charge is -2.16. The van der Waals surface area contributed by atoms with Crippen molar-refractivity contribution in [1.82, 2.24) is 10.3 Å². The van der Waals surface area contributed by atoms with Crippen molar-refractivity contribution in [2.24, 2.45) is 0 Å². The van der Waals surface area contributed by atoms with Gasteiger partial charge in [0.15, 0.2) is 0 Å². The summed E-state index contributed by atoms with van der Waals surface area (Å²) in [7, 11) is 1.31. The average Bonchev–Trinajstić information content (AvgIpc) is 2.60. The van der Waals surface area contributed by atoms with Crippen LogP contribution < -0.4 is 5.32 Å². The summed E-state index contributed by atoms with van der Waals surface area (Å²) < 4.78 is 4.78. The largest absolute Gasteiger partial charge is 0.467 e. The molecule has 0 spiro atoms. The van der Waals surface area contributed by atoms with Crippen LogP contribution in [0.1, 0.15) is 5.56 Å². The number of benzene rings is 1. The second-order valence-corrected chi connectivity index (χ2v) is 5.79. The zero-order valence-electron chi connectivity index (χ0n) is 12.8. The van der Waals surface area contributed by atoms with Crippen molar-refractivity contribution < 1.29 is 14.3 Å². The molecular weight excluding hydrogens is 312 g/mol. The highest BCUT2D eigenvalue weighted by atomic mass is 32.2. The van der Waals surface area contributed by atoms with Crippen LogP contribution in [0.4, 0.5) is 0 Å². The van der Waals surface area contributed by atoms with Crippen molar-refractivity contribution in [2.45, 2.75) is 17.5 Å². The van der Waals surface area contributed by atoms with E-state index in [-0.39, 0.29) is 11.7 Å². The molecule has 2 rings (SSSR count). The lowest BCUT2D eigenvalue weighted by Crippen LogP contribution is -2.43. The number of rotatable bonds is 7. The first-order chi connectivity index (χ1) is 11.2. The van der Waals surface area contributed by atoms with Crippen molar-refractivity contribution >= 4 is 23.6 Å². The standard InChI is InChI=1S/C17H18N2O3S/c1-22-17(21)14(11-13-7-3-2-4-8-13)19-15(20)12-23-16-9-5-6-10-18-16/h2-10,14H,11-12H2,1H3,(H,19,20)/t14-/m0/s1. The maximum absolute atomic E-state index is 12.1. The van der Waals surface area contributed by atoms with Gasteiger partial charge in [0.1, 0.15) is 6.04 Å². The number of carbonyl (C=O) groups is 2. The first-order valence-electron chi connectivity index (χ1n) is 7.14. The number of hydrogen-bond donors (Lipinski definition) is 1. The predicted octanol–water partition coefficient (Wildman–Crippen LogP) is 2.07. The second-order valence-electron chi connectivity index (χ2n) is 4.79. The molecule has 120 valence electrons. The molecule has 0 aliphatic carbocycles. The molecule has 0 saturated heterocycles. The molecule has 5 nitrogen and oxygen atoms in total. The number of pyridine rings is 1. The maximum Gasteiger partial charge on any atom is 0.328 e. The zero-order chi connectivity index (χ0) is 16.5. The third-order valence-corrected chi connectivity index (χ3v) is 4.04. The van der Waals surface area contributed by atoms with E-state index in [9.17, 15) is 9.59 Å². The maximum atomic E-state index is 12.1. The van der Waals surface area contributed by atoms with Gasteiger partial charge < -0.3 is 10.1 Å². The molecule has 6 heteroatoms. The van der Waals surface area contributed by atoms with Crippen molar-refractivity contribution in [3.8, 4) is 0 Å². The minimum atomic E-state index is -0.695. The van der Waals surface area contributed by atoms with Crippen molar-refractivity contribution in [1.29, 1.82) is 0 Å². The van der Waals surface area contributed by atoms with Crippen LogP contribution in [0.5, 0.6) is 0 Å². The Kier molecular flexibility index (Phi) is 6.62. The van der Waals surface area contributed by atoms with Crippen LogP contribution in [0, 0.1) is 0 Å². The molecular formula is C17H18N2O3S. The number of hydrogen-bond acceptors (Lipinski definition) is 5. The summed E-state index contributed by atoms with van der Waals surface area (Å²) >= 11 is 1.32. The number of nitrogens with one attached hydrogen (secondary N) is 1. The second kappa shape index (κ2) is 8.95. The molecule has 0 saturated carbocycles. The molecule has 1 heterocycles. The van der Waals surface area contributed by atoms with Crippen molar-refractivity contribution in [3.05, 3.63) is 60.3 Å². The smallest absolute Gasteiger partial charge is 0.328 e. The highest BCUT2D eigenvalue weighted by Crippen LogP contribution is 2.13. The molecule has 0 unspecified atom stereocenters. The summed E-state index contributed by atoms with van der Waals surface area (Å²) in [5.41, 5.74) is 0.959. The van der Waals surface area contributed by atoms with Gasteiger partial charge >= 0.3 is 5.97 Å². The van der Waals surface area contributed by atoms with E-state index < -0.39 is 12.0 Å². The normalized spacial score (nSPS) is 11.5. The van der Waals surface area contributed by atoms with Gasteiger partial charge in [0.05, 0.1) is 17.9 Å². The highest BCUT2D eigenvalue weighted by molar-refractivity contribution is 7.99.